The van der Waals surface area contributed by atoms with E-state index in [2.05, 4.69) is 21.3 Å². The quantitative estimate of drug-likeness (QED) is 0.249. The number of carbonyl (C=O) groups is 11. The highest BCUT2D eigenvalue weighted by atomic mass is 35.5. The Balaban J connectivity index is 1.37. The Morgan fingerprint density at radius 2 is 1.25 bits per heavy atom. The molecular weight excluding hydrogens is 1220 g/mol. The number of hydrogen-bond donors (Lipinski definition) is 4. The molecule has 4 fully saturated rings. The molecule has 4 N–H and O–H groups in total. The van der Waals surface area contributed by atoms with Gasteiger partial charge in [-0.25, -0.2) is 0 Å². The summed E-state index contributed by atoms with van der Waals surface area (Å²) in [6.45, 7) is 13.4. The van der Waals surface area contributed by atoms with E-state index in [1.807, 2.05) is 39.8 Å². The maximum atomic E-state index is 14.9. The largest absolute Gasteiger partial charge is 0.417 e. The minimum absolute atomic E-state index is 0.0302. The first-order valence-corrected chi connectivity index (χ1v) is 32.6. The highest BCUT2D eigenvalue weighted by Gasteiger charge is 2.47. The Hall–Kier alpha value is -7.31. The molecule has 1 aliphatic carbocycles. The zero-order valence-electron chi connectivity index (χ0n) is 55.5. The number of nitrogens with one attached hydrogen (secondary N) is 4. The molecule has 4 aliphatic rings. The molecule has 11 atom stereocenters. The molecule has 1 saturated carbocycles. The number of likely N-dealkylation sites (N-methyl/N-ethyl adjacent to an activating group) is 5. The summed E-state index contributed by atoms with van der Waals surface area (Å²) in [7, 11) is 7.14. The molecule has 508 valence electrons. The Kier molecular flexibility index (Phi) is 25.7. The molecule has 0 radical (unpaired) electrons. The first-order valence-electron chi connectivity index (χ1n) is 32.2. The molecule has 0 bridgehead atoms. The van der Waals surface area contributed by atoms with Crippen LogP contribution in [-0.4, -0.2) is 215 Å². The van der Waals surface area contributed by atoms with Gasteiger partial charge in [-0.3, -0.25) is 52.7 Å². The number of aryl methyl sites for hydroxylation is 2. The van der Waals surface area contributed by atoms with Gasteiger partial charge in [-0.1, -0.05) is 94.5 Å². The zero-order valence-corrected chi connectivity index (χ0v) is 56.2. The van der Waals surface area contributed by atoms with Gasteiger partial charge in [0.25, 0.3) is 0 Å². The predicted molar refractivity (Wildman–Crippen MR) is 339 cm³/mol. The number of rotatable bonds is 10. The zero-order chi connectivity index (χ0) is 68.4. The molecule has 0 aromatic heterocycles. The van der Waals surface area contributed by atoms with Crippen LogP contribution in [0.3, 0.4) is 0 Å². The third-order valence-electron chi connectivity index (χ3n) is 18.9. The number of carbonyl (C=O) groups excluding carboxylic acids is 11. The molecule has 92 heavy (non-hydrogen) atoms. The summed E-state index contributed by atoms with van der Waals surface area (Å²) in [6.07, 6.45) is -1.15. The van der Waals surface area contributed by atoms with Gasteiger partial charge in [0.15, 0.2) is 0 Å². The van der Waals surface area contributed by atoms with E-state index in [9.17, 15) is 65.9 Å². The molecular formula is C66H95ClF3N11O11. The van der Waals surface area contributed by atoms with Gasteiger partial charge in [0.05, 0.1) is 17.1 Å². The van der Waals surface area contributed by atoms with E-state index in [0.29, 0.717) is 36.8 Å². The van der Waals surface area contributed by atoms with Crippen molar-refractivity contribution >= 4 is 76.6 Å². The van der Waals surface area contributed by atoms with Crippen LogP contribution in [-0.2, 0) is 71.8 Å². The number of benzene rings is 2. The number of amides is 11. The van der Waals surface area contributed by atoms with Crippen LogP contribution < -0.4 is 21.3 Å². The summed E-state index contributed by atoms with van der Waals surface area (Å²) in [6, 6.07) is -0.934. The maximum absolute atomic E-state index is 14.9. The van der Waals surface area contributed by atoms with E-state index in [-0.39, 0.29) is 69.9 Å². The van der Waals surface area contributed by atoms with Crippen molar-refractivity contribution in [1.82, 2.24) is 55.6 Å². The second kappa shape index (κ2) is 32.0. The monoisotopic (exact) mass is 1310 g/mol. The molecule has 22 nitrogen and oxygen atoms in total. The minimum atomic E-state index is -4.75. The van der Waals surface area contributed by atoms with Crippen LogP contribution in [0.1, 0.15) is 141 Å². The summed E-state index contributed by atoms with van der Waals surface area (Å²) in [4.78, 5) is 169. The lowest BCUT2D eigenvalue weighted by Crippen LogP contribution is -2.65. The minimum Gasteiger partial charge on any atom is -0.351 e. The first-order chi connectivity index (χ1) is 43.2. The lowest BCUT2D eigenvalue weighted by molar-refractivity contribution is -0.160. The van der Waals surface area contributed by atoms with E-state index in [4.69, 9.17) is 11.6 Å². The van der Waals surface area contributed by atoms with Crippen LogP contribution in [0, 0.1) is 24.7 Å². The fraction of sp³-hybridized carbons (Fsp3) is 0.652. The van der Waals surface area contributed by atoms with Gasteiger partial charge in [-0.15, -0.1) is 0 Å². The second-order valence-corrected chi connectivity index (χ2v) is 26.7. The number of alkyl halides is 3. The molecule has 11 amide bonds. The Bertz CT molecular complexity index is 3040. The van der Waals surface area contributed by atoms with Gasteiger partial charge < -0.3 is 55.6 Å². The molecule has 3 saturated heterocycles. The van der Waals surface area contributed by atoms with Crippen molar-refractivity contribution in [2.24, 2.45) is 17.8 Å². The van der Waals surface area contributed by atoms with Crippen LogP contribution in [0.5, 0.6) is 0 Å². The van der Waals surface area contributed by atoms with Gasteiger partial charge in [0.1, 0.15) is 54.4 Å². The van der Waals surface area contributed by atoms with E-state index in [1.165, 1.54) is 84.6 Å². The van der Waals surface area contributed by atoms with Crippen LogP contribution in [0.2, 0.25) is 5.02 Å². The molecule has 0 unspecified atom stereocenters. The Morgan fingerprint density at radius 1 is 0.620 bits per heavy atom. The summed E-state index contributed by atoms with van der Waals surface area (Å²) < 4.78 is 41.3. The van der Waals surface area contributed by atoms with Crippen molar-refractivity contribution in [2.45, 2.75) is 205 Å². The topological polar surface area (TPSA) is 259 Å². The van der Waals surface area contributed by atoms with Crippen molar-refractivity contribution in [1.29, 1.82) is 0 Å². The van der Waals surface area contributed by atoms with Crippen LogP contribution in [0.15, 0.2) is 42.5 Å². The molecule has 3 aliphatic heterocycles. The smallest absolute Gasteiger partial charge is 0.351 e. The van der Waals surface area contributed by atoms with Crippen LogP contribution in [0.25, 0.3) is 0 Å². The number of fused-ring (bicyclic) bond motifs is 2. The van der Waals surface area contributed by atoms with E-state index < -0.39 is 155 Å². The van der Waals surface area contributed by atoms with E-state index in [0.717, 1.165) is 35.4 Å². The van der Waals surface area contributed by atoms with Gasteiger partial charge in [-0.2, -0.15) is 13.2 Å². The lowest BCUT2D eigenvalue weighted by Gasteiger charge is -2.45. The lowest BCUT2D eigenvalue weighted by atomic mass is 9.94. The van der Waals surface area contributed by atoms with Crippen molar-refractivity contribution in [2.75, 3.05) is 54.9 Å². The summed E-state index contributed by atoms with van der Waals surface area (Å²) in [5.74, 6) is -7.80. The van der Waals surface area contributed by atoms with E-state index >= 15 is 0 Å². The average Bonchev–Trinajstić information content (AvgIpc) is 0.856. The number of halogens is 4. The fourth-order valence-corrected chi connectivity index (χ4v) is 13.1. The molecule has 2 aromatic rings. The van der Waals surface area contributed by atoms with Gasteiger partial charge >= 0.3 is 6.18 Å². The van der Waals surface area contributed by atoms with Gasteiger partial charge in [0.2, 0.25) is 65.0 Å². The summed E-state index contributed by atoms with van der Waals surface area (Å²) in [5, 5.41) is 10.7. The number of hydrogen-bond acceptors (Lipinski definition) is 11. The van der Waals surface area contributed by atoms with Gasteiger partial charge in [-0.05, 0) is 120 Å². The highest BCUT2D eigenvalue weighted by Crippen LogP contribution is 2.36. The molecule has 0 spiro atoms. The third-order valence-corrected chi connectivity index (χ3v) is 19.2. The van der Waals surface area contributed by atoms with Crippen LogP contribution >= 0.6 is 11.6 Å². The molecule has 6 rings (SSSR count). The van der Waals surface area contributed by atoms with Crippen LogP contribution in [0.4, 0.5) is 13.2 Å². The SMILES string of the molecule is CC[C@H](C)[C@@H]1NC(=O)[C@H](CC(C)C)N(C)C(=O)C[C@@H](C)NC(=O)[C@H](C2CCCC2)N(C)C(=O)[C@@H](C)NC(=O)[C@@H]2CCCN2C(=O)[C@H](CCc2ccc(C(F)(F)F)c(Cl)c2)NC(=O)CN(C)C(=O)[C@H](Cc2ccc(C)cc2)N(C)C(=O)[C@@H]2CCN2C(=O)[C@H](C)N(C)C1=O. The average molecular weight is 1310 g/mol. The maximum Gasteiger partial charge on any atom is 0.417 e. The third kappa shape index (κ3) is 18.1. The first kappa shape index (κ1) is 73.7. The van der Waals surface area contributed by atoms with Crippen molar-refractivity contribution < 1.29 is 65.9 Å². The Labute approximate surface area is 543 Å². The Morgan fingerprint density at radius 3 is 1.84 bits per heavy atom. The predicted octanol–water partition coefficient (Wildman–Crippen LogP) is 4.89. The van der Waals surface area contributed by atoms with E-state index in [1.54, 1.807) is 26.0 Å². The molecule has 3 heterocycles. The summed E-state index contributed by atoms with van der Waals surface area (Å²) >= 11 is 6.10. The van der Waals surface area contributed by atoms with Crippen molar-refractivity contribution in [3.05, 3.63) is 69.7 Å². The van der Waals surface area contributed by atoms with Gasteiger partial charge in [0, 0.05) is 67.2 Å². The fourth-order valence-electron chi connectivity index (χ4n) is 12.8. The molecule has 2 aromatic carbocycles. The number of nitrogens with zero attached hydrogens (tertiary/aromatic N) is 7. The van der Waals surface area contributed by atoms with Crippen molar-refractivity contribution in [3.8, 4) is 0 Å². The summed E-state index contributed by atoms with van der Waals surface area (Å²) in [5.41, 5.74) is 0.805. The highest BCUT2D eigenvalue weighted by molar-refractivity contribution is 6.31. The van der Waals surface area contributed by atoms with Crippen molar-refractivity contribution in [3.63, 3.8) is 0 Å². The standard InChI is InChI=1S/C66H95ClF3N11O11/c1-14-39(5)55-65(92)76(10)42(8)61(88)81-31-29-50(81)64(91)78(12)52(35-44-23-21-38(4)22-24-44)63(90)75(9)36-53(82)73-48(28-26-43-25-27-46(47(67)34-43)66(68,69)70)62(89)80-30-17-20-49(80)57(84)72-41(7)60(87)79(13)56(45-18-15-16-19-45)59(86)71-40(6)33-54(83)77(11)51(32-37(2)3)58(85)74-55/h21-25,27,34,37,39-42,45,48-52,55-56H,14-20,26,28-33,35-36H2,1-13H3,(H,71,86)(H,72,84)(H,73,82)(H,74,85)/t39-,40+,41+,42-,48-,49-,50-,51-,52-,55-,56-/m0/s1. The molecule has 26 heteroatoms. The second-order valence-electron chi connectivity index (χ2n) is 26.3. The normalized spacial score (nSPS) is 27.4.